The van der Waals surface area contributed by atoms with Gasteiger partial charge >= 0.3 is 0 Å². The second-order valence-corrected chi connectivity index (χ2v) is 4.53. The first kappa shape index (κ1) is 12.8. The van der Waals surface area contributed by atoms with Crippen LogP contribution in [0.15, 0.2) is 29.4 Å². The topological polar surface area (TPSA) is 98.7 Å². The molecular formula is C9H9ClN6OS. The van der Waals surface area contributed by atoms with Gasteiger partial charge in [0.25, 0.3) is 0 Å². The lowest BCUT2D eigenvalue weighted by molar-refractivity contribution is -0.118. The number of hydrogen-bond donors (Lipinski definition) is 2. The molecule has 94 valence electrons. The first-order valence-electron chi connectivity index (χ1n) is 4.88. The van der Waals surface area contributed by atoms with Gasteiger partial charge in [0.15, 0.2) is 0 Å². The van der Waals surface area contributed by atoms with Gasteiger partial charge in [-0.05, 0) is 22.6 Å². The van der Waals surface area contributed by atoms with E-state index < -0.39 is 0 Å². The van der Waals surface area contributed by atoms with Gasteiger partial charge in [-0.25, -0.2) is 5.84 Å². The predicted molar refractivity (Wildman–Crippen MR) is 67.2 cm³/mol. The van der Waals surface area contributed by atoms with Crippen molar-refractivity contribution in [1.29, 1.82) is 0 Å². The third kappa shape index (κ3) is 2.78. The molecule has 0 aliphatic rings. The molecule has 0 radical (unpaired) electrons. The number of hydrogen-bond acceptors (Lipinski definition) is 6. The molecule has 0 aliphatic heterocycles. The molecule has 0 aliphatic carbocycles. The van der Waals surface area contributed by atoms with Crippen LogP contribution in [-0.2, 0) is 4.79 Å². The van der Waals surface area contributed by atoms with Crippen molar-refractivity contribution >= 4 is 29.3 Å². The molecule has 0 unspecified atom stereocenters. The zero-order valence-corrected chi connectivity index (χ0v) is 10.6. The highest BCUT2D eigenvalue weighted by Crippen LogP contribution is 2.23. The summed E-state index contributed by atoms with van der Waals surface area (Å²) >= 11 is 7.22. The van der Waals surface area contributed by atoms with E-state index in [0.29, 0.717) is 15.9 Å². The highest BCUT2D eigenvalue weighted by molar-refractivity contribution is 7.99. The summed E-state index contributed by atoms with van der Waals surface area (Å²) in [5.41, 5.74) is 2.69. The van der Waals surface area contributed by atoms with Gasteiger partial charge in [-0.15, -0.1) is 5.10 Å². The minimum absolute atomic E-state index is 0.126. The van der Waals surface area contributed by atoms with Crippen molar-refractivity contribution in [3.8, 4) is 5.69 Å². The average molecular weight is 285 g/mol. The van der Waals surface area contributed by atoms with Gasteiger partial charge in [-0.2, -0.15) is 4.68 Å². The highest BCUT2D eigenvalue weighted by Gasteiger charge is 2.12. The summed E-state index contributed by atoms with van der Waals surface area (Å²) in [7, 11) is 0. The molecule has 7 nitrogen and oxygen atoms in total. The Morgan fingerprint density at radius 2 is 2.28 bits per heavy atom. The van der Waals surface area contributed by atoms with Crippen LogP contribution in [0.3, 0.4) is 0 Å². The lowest BCUT2D eigenvalue weighted by Crippen LogP contribution is -2.31. The van der Waals surface area contributed by atoms with Gasteiger partial charge in [0, 0.05) is 0 Å². The number of carbonyl (C=O) groups is 1. The number of para-hydroxylation sites is 1. The van der Waals surface area contributed by atoms with Crippen LogP contribution in [0, 0.1) is 0 Å². The molecule has 2 aromatic rings. The van der Waals surface area contributed by atoms with Crippen LogP contribution in [-0.4, -0.2) is 31.9 Å². The molecule has 0 spiro atoms. The SMILES string of the molecule is NNC(=O)CSc1nnnn1-c1ccccc1Cl. The fraction of sp³-hybridized carbons (Fsp3) is 0.111. The third-order valence-electron chi connectivity index (χ3n) is 2.01. The first-order chi connectivity index (χ1) is 8.72. The lowest BCUT2D eigenvalue weighted by atomic mass is 10.3. The highest BCUT2D eigenvalue weighted by atomic mass is 35.5. The normalized spacial score (nSPS) is 10.3. The number of nitrogens with zero attached hydrogens (tertiary/aromatic N) is 4. The maximum Gasteiger partial charge on any atom is 0.244 e. The molecule has 1 aromatic carbocycles. The summed E-state index contributed by atoms with van der Waals surface area (Å²) in [5, 5.41) is 12.2. The maximum atomic E-state index is 11.1. The summed E-state index contributed by atoms with van der Waals surface area (Å²) in [6.45, 7) is 0. The maximum absolute atomic E-state index is 11.1. The van der Waals surface area contributed by atoms with Crippen LogP contribution in [0.5, 0.6) is 0 Å². The van der Waals surface area contributed by atoms with Crippen LogP contribution >= 0.6 is 23.4 Å². The molecule has 0 saturated carbocycles. The number of halogens is 1. The molecule has 1 amide bonds. The van der Waals surface area contributed by atoms with E-state index in [9.17, 15) is 4.79 Å². The fourth-order valence-electron chi connectivity index (χ4n) is 1.22. The fourth-order valence-corrected chi connectivity index (χ4v) is 2.13. The van der Waals surface area contributed by atoms with Crippen molar-refractivity contribution in [3.63, 3.8) is 0 Å². The number of benzene rings is 1. The van der Waals surface area contributed by atoms with E-state index in [4.69, 9.17) is 17.4 Å². The van der Waals surface area contributed by atoms with Crippen molar-refractivity contribution < 1.29 is 4.79 Å². The Kier molecular flexibility index (Phi) is 4.13. The number of amides is 1. The number of thioether (sulfide) groups is 1. The largest absolute Gasteiger partial charge is 0.294 e. The Morgan fingerprint density at radius 1 is 1.50 bits per heavy atom. The van der Waals surface area contributed by atoms with E-state index >= 15 is 0 Å². The molecule has 1 aromatic heterocycles. The van der Waals surface area contributed by atoms with Crippen molar-refractivity contribution in [1.82, 2.24) is 25.6 Å². The third-order valence-corrected chi connectivity index (χ3v) is 3.25. The van der Waals surface area contributed by atoms with Gasteiger partial charge in [-0.1, -0.05) is 35.5 Å². The molecular weight excluding hydrogens is 276 g/mol. The molecule has 9 heteroatoms. The number of carbonyl (C=O) groups excluding carboxylic acids is 1. The zero-order valence-electron chi connectivity index (χ0n) is 9.08. The van der Waals surface area contributed by atoms with Gasteiger partial charge < -0.3 is 0 Å². The average Bonchev–Trinajstić information content (AvgIpc) is 2.84. The monoisotopic (exact) mass is 284 g/mol. The summed E-state index contributed by atoms with van der Waals surface area (Å²) in [6.07, 6.45) is 0. The van der Waals surface area contributed by atoms with E-state index in [1.54, 1.807) is 12.1 Å². The smallest absolute Gasteiger partial charge is 0.244 e. The molecule has 0 fully saturated rings. The van der Waals surface area contributed by atoms with E-state index in [-0.39, 0.29) is 11.7 Å². The summed E-state index contributed by atoms with van der Waals surface area (Å²) in [4.78, 5) is 11.1. The summed E-state index contributed by atoms with van der Waals surface area (Å²) < 4.78 is 1.47. The van der Waals surface area contributed by atoms with Gasteiger partial charge in [0.2, 0.25) is 11.1 Å². The van der Waals surface area contributed by atoms with E-state index in [2.05, 4.69) is 15.5 Å². The Balaban J connectivity index is 2.23. The van der Waals surface area contributed by atoms with Crippen molar-refractivity contribution in [3.05, 3.63) is 29.3 Å². The molecule has 1 heterocycles. The van der Waals surface area contributed by atoms with Crippen LogP contribution in [0.1, 0.15) is 0 Å². The van der Waals surface area contributed by atoms with Gasteiger partial charge in [-0.3, -0.25) is 10.2 Å². The number of aromatic nitrogens is 4. The van der Waals surface area contributed by atoms with Crippen molar-refractivity contribution in [2.45, 2.75) is 5.16 Å². The van der Waals surface area contributed by atoms with E-state index in [1.807, 2.05) is 17.6 Å². The number of hydrazine groups is 1. The number of nitrogens with two attached hydrogens (primary N) is 1. The summed E-state index contributed by atoms with van der Waals surface area (Å²) in [5.74, 6) is 4.81. The first-order valence-corrected chi connectivity index (χ1v) is 6.24. The van der Waals surface area contributed by atoms with E-state index in [1.165, 1.54) is 16.4 Å². The summed E-state index contributed by atoms with van der Waals surface area (Å²) in [6, 6.07) is 7.15. The second kappa shape index (κ2) is 5.80. The van der Waals surface area contributed by atoms with Gasteiger partial charge in [0.1, 0.15) is 0 Å². The number of nitrogens with one attached hydrogen (secondary N) is 1. The van der Waals surface area contributed by atoms with E-state index in [0.717, 1.165) is 0 Å². The molecule has 2 rings (SSSR count). The molecule has 0 atom stereocenters. The number of tetrazole rings is 1. The van der Waals surface area contributed by atoms with Crippen LogP contribution in [0.2, 0.25) is 5.02 Å². The molecule has 0 saturated heterocycles. The molecule has 3 N–H and O–H groups in total. The quantitative estimate of drug-likeness (QED) is 0.365. The molecule has 0 bridgehead atoms. The number of rotatable bonds is 4. The van der Waals surface area contributed by atoms with Crippen molar-refractivity contribution in [2.75, 3.05) is 5.75 Å². The van der Waals surface area contributed by atoms with Crippen molar-refractivity contribution in [2.24, 2.45) is 5.84 Å². The Bertz CT molecular complexity index is 559. The van der Waals surface area contributed by atoms with Crippen LogP contribution in [0.25, 0.3) is 5.69 Å². The van der Waals surface area contributed by atoms with Gasteiger partial charge in [0.05, 0.1) is 16.5 Å². The Morgan fingerprint density at radius 3 is 3.00 bits per heavy atom. The minimum atomic E-state index is -0.311. The van der Waals surface area contributed by atoms with Crippen LogP contribution in [0.4, 0.5) is 0 Å². The Hall–Kier alpha value is -1.64. The second-order valence-electron chi connectivity index (χ2n) is 3.18. The molecule has 18 heavy (non-hydrogen) atoms. The van der Waals surface area contributed by atoms with Crippen LogP contribution < -0.4 is 11.3 Å². The minimum Gasteiger partial charge on any atom is -0.294 e. The lowest BCUT2D eigenvalue weighted by Gasteiger charge is -2.05. The Labute approximate surface area is 112 Å². The standard InChI is InChI=1S/C9H9ClN6OS/c10-6-3-1-2-4-7(6)16-9(13-14-15-16)18-5-8(17)12-11/h1-4H,5,11H2,(H,12,17). The zero-order chi connectivity index (χ0) is 13.0. The predicted octanol–water partition coefficient (Wildman–Crippen LogP) is 0.398.